The van der Waals surface area contributed by atoms with Gasteiger partial charge in [0, 0.05) is 13.1 Å². The molecule has 0 saturated carbocycles. The first-order chi connectivity index (χ1) is 7.91. The summed E-state index contributed by atoms with van der Waals surface area (Å²) in [5.41, 5.74) is -0.863. The highest BCUT2D eigenvalue weighted by atomic mass is 32.2. The lowest BCUT2D eigenvalue weighted by molar-refractivity contribution is -0.122. The Bertz CT molecular complexity index is 251. The maximum absolute atomic E-state index is 11.9. The van der Waals surface area contributed by atoms with E-state index in [-0.39, 0.29) is 11.2 Å². The summed E-state index contributed by atoms with van der Waals surface area (Å²) in [5, 5.41) is 13.0. The van der Waals surface area contributed by atoms with Crippen molar-refractivity contribution in [3.63, 3.8) is 0 Å². The zero-order valence-electron chi connectivity index (χ0n) is 11.0. The molecule has 1 saturated heterocycles. The van der Waals surface area contributed by atoms with Crippen molar-refractivity contribution < 1.29 is 9.90 Å². The van der Waals surface area contributed by atoms with Crippen LogP contribution in [0.15, 0.2) is 0 Å². The molecule has 1 fully saturated rings. The number of rotatable bonds is 5. The minimum absolute atomic E-state index is 0.0775. The molecule has 0 bridgehead atoms. The van der Waals surface area contributed by atoms with Crippen LogP contribution in [0.3, 0.4) is 0 Å². The third-order valence-corrected chi connectivity index (χ3v) is 4.15. The van der Waals surface area contributed by atoms with Crippen LogP contribution in [-0.4, -0.2) is 59.7 Å². The number of hydrogen-bond acceptors (Lipinski definition) is 4. The molecule has 1 aliphatic rings. The Hall–Kier alpha value is -0.260. The summed E-state index contributed by atoms with van der Waals surface area (Å²) >= 11 is 1.73. The first kappa shape index (κ1) is 14.8. The molecule has 1 aliphatic heterocycles. The number of nitrogens with zero attached hydrogens (tertiary/aromatic N) is 1. The quantitative estimate of drug-likeness (QED) is 0.764. The van der Waals surface area contributed by atoms with Crippen molar-refractivity contribution in [2.45, 2.75) is 37.0 Å². The van der Waals surface area contributed by atoms with Crippen molar-refractivity contribution >= 4 is 17.7 Å². The number of carbonyl (C=O) groups excluding carboxylic acids is 1. The van der Waals surface area contributed by atoms with Crippen molar-refractivity contribution in [2.75, 3.05) is 32.9 Å². The number of amides is 1. The fourth-order valence-electron chi connectivity index (χ4n) is 2.08. The smallest absolute Gasteiger partial charge is 0.233 e. The third-order valence-electron chi connectivity index (χ3n) is 2.77. The fourth-order valence-corrected chi connectivity index (χ4v) is 3.30. The lowest BCUT2D eigenvalue weighted by Gasteiger charge is -2.28. The summed E-state index contributed by atoms with van der Waals surface area (Å²) in [4.78, 5) is 13.8. The Morgan fingerprint density at radius 1 is 1.53 bits per heavy atom. The topological polar surface area (TPSA) is 52.6 Å². The van der Waals surface area contributed by atoms with Gasteiger partial charge >= 0.3 is 0 Å². The SMILES string of the molecule is CN(C)CC(C)(O)CNC(=O)C1CCCCS1. The van der Waals surface area contributed by atoms with Crippen molar-refractivity contribution in [1.82, 2.24) is 10.2 Å². The molecule has 2 N–H and O–H groups in total. The number of nitrogens with one attached hydrogen (secondary N) is 1. The molecule has 17 heavy (non-hydrogen) atoms. The van der Waals surface area contributed by atoms with E-state index in [9.17, 15) is 9.90 Å². The Morgan fingerprint density at radius 2 is 2.24 bits per heavy atom. The zero-order valence-corrected chi connectivity index (χ0v) is 11.8. The Morgan fingerprint density at radius 3 is 2.76 bits per heavy atom. The molecule has 1 amide bonds. The normalized spacial score (nSPS) is 24.4. The van der Waals surface area contributed by atoms with Gasteiger partial charge < -0.3 is 15.3 Å². The molecule has 2 atom stereocenters. The fraction of sp³-hybridized carbons (Fsp3) is 0.917. The average Bonchev–Trinajstić information content (AvgIpc) is 2.25. The van der Waals surface area contributed by atoms with Crippen molar-refractivity contribution in [1.29, 1.82) is 0 Å². The summed E-state index contributed by atoms with van der Waals surface area (Å²) < 4.78 is 0. The van der Waals surface area contributed by atoms with Gasteiger partial charge in [-0.05, 0) is 39.6 Å². The van der Waals surface area contributed by atoms with Crippen molar-refractivity contribution in [3.05, 3.63) is 0 Å². The number of likely N-dealkylation sites (N-methyl/N-ethyl adjacent to an activating group) is 1. The predicted molar refractivity (Wildman–Crippen MR) is 72.3 cm³/mol. The van der Waals surface area contributed by atoms with E-state index in [0.717, 1.165) is 18.6 Å². The summed E-state index contributed by atoms with van der Waals surface area (Å²) in [6.45, 7) is 2.62. The molecular weight excluding hydrogens is 236 g/mol. The van der Waals surface area contributed by atoms with Crippen LogP contribution >= 0.6 is 11.8 Å². The van der Waals surface area contributed by atoms with E-state index in [1.165, 1.54) is 6.42 Å². The molecule has 5 heteroatoms. The molecule has 0 aromatic heterocycles. The van der Waals surface area contributed by atoms with E-state index in [2.05, 4.69) is 5.32 Å². The van der Waals surface area contributed by atoms with Crippen LogP contribution in [0.25, 0.3) is 0 Å². The lowest BCUT2D eigenvalue weighted by Crippen LogP contribution is -2.48. The van der Waals surface area contributed by atoms with Crippen LogP contribution in [0.4, 0.5) is 0 Å². The van der Waals surface area contributed by atoms with Gasteiger partial charge in [-0.15, -0.1) is 11.8 Å². The maximum atomic E-state index is 11.9. The van der Waals surface area contributed by atoms with Gasteiger partial charge in [0.25, 0.3) is 0 Å². The minimum atomic E-state index is -0.863. The second-order valence-electron chi connectivity index (χ2n) is 5.31. The molecular formula is C12H24N2O2S. The van der Waals surface area contributed by atoms with Gasteiger partial charge in [-0.1, -0.05) is 6.42 Å². The molecule has 0 aromatic carbocycles. The molecule has 2 unspecified atom stereocenters. The van der Waals surface area contributed by atoms with Gasteiger partial charge in [0.05, 0.1) is 10.9 Å². The van der Waals surface area contributed by atoms with E-state index < -0.39 is 5.60 Å². The largest absolute Gasteiger partial charge is 0.387 e. The van der Waals surface area contributed by atoms with Crippen molar-refractivity contribution in [2.24, 2.45) is 0 Å². The highest BCUT2D eigenvalue weighted by Gasteiger charge is 2.26. The Kier molecular flexibility index (Phi) is 5.76. The summed E-state index contributed by atoms with van der Waals surface area (Å²) in [7, 11) is 3.82. The monoisotopic (exact) mass is 260 g/mol. The molecule has 0 aromatic rings. The van der Waals surface area contributed by atoms with E-state index >= 15 is 0 Å². The predicted octanol–water partition coefficient (Wildman–Crippen LogP) is 0.701. The van der Waals surface area contributed by atoms with E-state index in [4.69, 9.17) is 0 Å². The number of thioether (sulfide) groups is 1. The van der Waals surface area contributed by atoms with Crippen LogP contribution < -0.4 is 5.32 Å². The Balaban J connectivity index is 2.31. The van der Waals surface area contributed by atoms with Crippen molar-refractivity contribution in [3.8, 4) is 0 Å². The molecule has 0 spiro atoms. The van der Waals surface area contributed by atoms with Gasteiger partial charge in [-0.2, -0.15) is 0 Å². The highest BCUT2D eigenvalue weighted by Crippen LogP contribution is 2.25. The van der Waals surface area contributed by atoms with E-state index in [1.54, 1.807) is 18.7 Å². The highest BCUT2D eigenvalue weighted by molar-refractivity contribution is 8.00. The molecule has 0 radical (unpaired) electrons. The molecule has 100 valence electrons. The standard InChI is InChI=1S/C12H24N2O2S/c1-12(16,9-14(2)3)8-13-11(15)10-6-4-5-7-17-10/h10,16H,4-9H2,1-3H3,(H,13,15). The van der Waals surface area contributed by atoms with Crippen LogP contribution in [0, 0.1) is 0 Å². The first-order valence-corrected chi connectivity index (χ1v) is 7.22. The molecule has 1 heterocycles. The van der Waals surface area contributed by atoms with E-state index in [1.807, 2.05) is 19.0 Å². The number of aliphatic hydroxyl groups is 1. The van der Waals surface area contributed by atoms with Gasteiger partial charge in [-0.25, -0.2) is 0 Å². The molecule has 1 rings (SSSR count). The second-order valence-corrected chi connectivity index (χ2v) is 6.62. The maximum Gasteiger partial charge on any atom is 0.233 e. The van der Waals surface area contributed by atoms with Crippen LogP contribution in [0.1, 0.15) is 26.2 Å². The lowest BCUT2D eigenvalue weighted by atomic mass is 10.1. The summed E-state index contributed by atoms with van der Waals surface area (Å²) in [6, 6.07) is 0. The summed E-state index contributed by atoms with van der Waals surface area (Å²) in [6.07, 6.45) is 3.32. The first-order valence-electron chi connectivity index (χ1n) is 6.17. The van der Waals surface area contributed by atoms with Crippen LogP contribution in [0.2, 0.25) is 0 Å². The average molecular weight is 260 g/mol. The van der Waals surface area contributed by atoms with E-state index in [0.29, 0.717) is 13.1 Å². The molecule has 0 aliphatic carbocycles. The minimum Gasteiger partial charge on any atom is -0.387 e. The molecule has 4 nitrogen and oxygen atoms in total. The Labute approximate surface area is 108 Å². The van der Waals surface area contributed by atoms with Gasteiger partial charge in [0.2, 0.25) is 5.91 Å². The number of hydrogen-bond donors (Lipinski definition) is 2. The van der Waals surface area contributed by atoms with Gasteiger partial charge in [0.1, 0.15) is 0 Å². The van der Waals surface area contributed by atoms with Gasteiger partial charge in [-0.3, -0.25) is 4.79 Å². The van der Waals surface area contributed by atoms with Crippen LogP contribution in [0.5, 0.6) is 0 Å². The summed E-state index contributed by atoms with van der Waals surface area (Å²) in [5.74, 6) is 1.15. The van der Waals surface area contributed by atoms with Crippen LogP contribution in [-0.2, 0) is 4.79 Å². The zero-order chi connectivity index (χ0) is 12.9. The third kappa shape index (κ3) is 5.75. The second kappa shape index (κ2) is 6.61. The van der Waals surface area contributed by atoms with Gasteiger partial charge in [0.15, 0.2) is 0 Å². The number of carbonyl (C=O) groups is 1.